The number of nitrogens with zero attached hydrogens (tertiary/aromatic N) is 1. The first-order valence-corrected chi connectivity index (χ1v) is 6.35. The number of piperidine rings is 1. The third kappa shape index (κ3) is 4.15. The van der Waals surface area contributed by atoms with Crippen molar-refractivity contribution in [1.82, 2.24) is 10.2 Å². The Hall–Kier alpha value is -0.840. The van der Waals surface area contributed by atoms with Gasteiger partial charge in [0.1, 0.15) is 5.76 Å². The lowest BCUT2D eigenvalue weighted by atomic mass is 10.1. The van der Waals surface area contributed by atoms with Crippen molar-refractivity contribution < 1.29 is 9.15 Å². The van der Waals surface area contributed by atoms with Crippen LogP contribution in [0.1, 0.15) is 18.6 Å². The van der Waals surface area contributed by atoms with Gasteiger partial charge in [0.25, 0.3) is 0 Å². The number of hydrogen-bond acceptors (Lipinski definition) is 4. The highest BCUT2D eigenvalue weighted by Gasteiger charge is 2.18. The van der Waals surface area contributed by atoms with Crippen molar-refractivity contribution in [3.8, 4) is 0 Å². The Kier molecular flexibility index (Phi) is 5.04. The van der Waals surface area contributed by atoms with Gasteiger partial charge < -0.3 is 19.4 Å². The number of hydrogen-bond donors (Lipinski definition) is 1. The molecule has 96 valence electrons. The van der Waals surface area contributed by atoms with Gasteiger partial charge in [0.15, 0.2) is 0 Å². The monoisotopic (exact) mass is 238 g/mol. The minimum atomic E-state index is 0.624. The SMILES string of the molecule is COCCN1CCC(NCc2ccco2)CC1. The second-order valence-corrected chi connectivity index (χ2v) is 4.57. The maximum Gasteiger partial charge on any atom is 0.117 e. The summed E-state index contributed by atoms with van der Waals surface area (Å²) in [6, 6.07) is 4.57. The molecule has 0 bridgehead atoms. The molecule has 0 atom stereocenters. The van der Waals surface area contributed by atoms with Crippen molar-refractivity contribution >= 4 is 0 Å². The van der Waals surface area contributed by atoms with Gasteiger partial charge in [-0.2, -0.15) is 0 Å². The lowest BCUT2D eigenvalue weighted by Gasteiger charge is -2.32. The molecule has 2 heterocycles. The van der Waals surface area contributed by atoms with Crippen LogP contribution < -0.4 is 5.32 Å². The highest BCUT2D eigenvalue weighted by Crippen LogP contribution is 2.11. The van der Waals surface area contributed by atoms with E-state index in [9.17, 15) is 0 Å². The second kappa shape index (κ2) is 6.79. The Morgan fingerprint density at radius 3 is 2.94 bits per heavy atom. The Bertz CT molecular complexity index is 292. The molecule has 0 amide bonds. The van der Waals surface area contributed by atoms with Crippen molar-refractivity contribution in [2.75, 3.05) is 33.4 Å². The molecule has 4 heteroatoms. The van der Waals surface area contributed by atoms with Gasteiger partial charge in [0.2, 0.25) is 0 Å². The van der Waals surface area contributed by atoms with Crippen LogP contribution >= 0.6 is 0 Å². The van der Waals surface area contributed by atoms with Gasteiger partial charge in [0.05, 0.1) is 19.4 Å². The van der Waals surface area contributed by atoms with Crippen LogP contribution in [0.4, 0.5) is 0 Å². The van der Waals surface area contributed by atoms with Crippen LogP contribution in [0.25, 0.3) is 0 Å². The summed E-state index contributed by atoms with van der Waals surface area (Å²) < 4.78 is 10.4. The zero-order valence-corrected chi connectivity index (χ0v) is 10.5. The minimum Gasteiger partial charge on any atom is -0.468 e. The highest BCUT2D eigenvalue weighted by atomic mass is 16.5. The quantitative estimate of drug-likeness (QED) is 0.814. The predicted octanol–water partition coefficient (Wildman–Crippen LogP) is 1.48. The summed E-state index contributed by atoms with van der Waals surface area (Å²) in [6.45, 7) is 5.07. The van der Waals surface area contributed by atoms with Gasteiger partial charge in [-0.25, -0.2) is 0 Å². The molecule has 1 N–H and O–H groups in total. The number of ether oxygens (including phenoxy) is 1. The first kappa shape index (κ1) is 12.6. The Morgan fingerprint density at radius 1 is 1.47 bits per heavy atom. The molecular weight excluding hydrogens is 216 g/mol. The average molecular weight is 238 g/mol. The van der Waals surface area contributed by atoms with Gasteiger partial charge in [-0.3, -0.25) is 0 Å². The summed E-state index contributed by atoms with van der Waals surface area (Å²) in [5, 5.41) is 3.55. The van der Waals surface area contributed by atoms with Crippen molar-refractivity contribution in [3.05, 3.63) is 24.2 Å². The maximum absolute atomic E-state index is 5.31. The molecule has 0 saturated carbocycles. The van der Waals surface area contributed by atoms with Crippen LogP contribution in [-0.2, 0) is 11.3 Å². The smallest absolute Gasteiger partial charge is 0.117 e. The van der Waals surface area contributed by atoms with Crippen LogP contribution in [0.5, 0.6) is 0 Å². The number of likely N-dealkylation sites (tertiary alicyclic amines) is 1. The summed E-state index contributed by atoms with van der Waals surface area (Å²) >= 11 is 0. The van der Waals surface area contributed by atoms with Crippen molar-refractivity contribution in [3.63, 3.8) is 0 Å². The molecule has 17 heavy (non-hydrogen) atoms. The summed E-state index contributed by atoms with van der Waals surface area (Å²) in [5.74, 6) is 1.02. The van der Waals surface area contributed by atoms with Gasteiger partial charge in [-0.05, 0) is 38.1 Å². The largest absolute Gasteiger partial charge is 0.468 e. The van der Waals surface area contributed by atoms with E-state index in [-0.39, 0.29) is 0 Å². The van der Waals surface area contributed by atoms with Crippen LogP contribution in [0.3, 0.4) is 0 Å². The zero-order valence-electron chi connectivity index (χ0n) is 10.5. The third-order valence-electron chi connectivity index (χ3n) is 3.34. The lowest BCUT2D eigenvalue weighted by Crippen LogP contribution is -2.43. The van der Waals surface area contributed by atoms with Crippen LogP contribution in [0.2, 0.25) is 0 Å². The number of methoxy groups -OCH3 is 1. The van der Waals surface area contributed by atoms with Crippen molar-refractivity contribution in [2.45, 2.75) is 25.4 Å². The fourth-order valence-electron chi connectivity index (χ4n) is 2.24. The average Bonchev–Trinajstić information content (AvgIpc) is 2.88. The first-order valence-electron chi connectivity index (χ1n) is 6.35. The topological polar surface area (TPSA) is 37.6 Å². The normalized spacial score (nSPS) is 18.6. The first-order chi connectivity index (χ1) is 8.38. The van der Waals surface area contributed by atoms with Gasteiger partial charge >= 0.3 is 0 Å². The Balaban J connectivity index is 1.62. The van der Waals surface area contributed by atoms with Crippen LogP contribution in [0, 0.1) is 0 Å². The molecular formula is C13H22N2O2. The minimum absolute atomic E-state index is 0.624. The summed E-state index contributed by atoms with van der Waals surface area (Å²) in [6.07, 6.45) is 4.15. The maximum atomic E-state index is 5.31. The zero-order chi connectivity index (χ0) is 11.9. The molecule has 0 aliphatic carbocycles. The molecule has 0 aromatic carbocycles. The predicted molar refractivity (Wildman–Crippen MR) is 66.9 cm³/mol. The van der Waals surface area contributed by atoms with Crippen LogP contribution in [0.15, 0.2) is 22.8 Å². The Labute approximate surface area is 103 Å². The fourth-order valence-corrected chi connectivity index (χ4v) is 2.24. The Morgan fingerprint density at radius 2 is 2.29 bits per heavy atom. The lowest BCUT2D eigenvalue weighted by molar-refractivity contribution is 0.125. The van der Waals surface area contributed by atoms with E-state index >= 15 is 0 Å². The standard InChI is InChI=1S/C13H22N2O2/c1-16-10-8-15-6-4-12(5-7-15)14-11-13-3-2-9-17-13/h2-3,9,12,14H,4-8,10-11H2,1H3. The van der Waals surface area contributed by atoms with E-state index < -0.39 is 0 Å². The molecule has 1 aliphatic rings. The van der Waals surface area contributed by atoms with Gasteiger partial charge in [-0.15, -0.1) is 0 Å². The van der Waals surface area contributed by atoms with E-state index in [1.54, 1.807) is 13.4 Å². The van der Waals surface area contributed by atoms with E-state index in [4.69, 9.17) is 9.15 Å². The van der Waals surface area contributed by atoms with E-state index in [1.807, 2.05) is 12.1 Å². The molecule has 1 aromatic rings. The molecule has 1 saturated heterocycles. The van der Waals surface area contributed by atoms with E-state index in [0.717, 1.165) is 25.5 Å². The molecule has 1 aliphatic heterocycles. The third-order valence-corrected chi connectivity index (χ3v) is 3.34. The van der Waals surface area contributed by atoms with Gasteiger partial charge in [0, 0.05) is 19.7 Å². The molecule has 4 nitrogen and oxygen atoms in total. The van der Waals surface area contributed by atoms with Gasteiger partial charge in [-0.1, -0.05) is 0 Å². The highest BCUT2D eigenvalue weighted by molar-refractivity contribution is 4.98. The fraction of sp³-hybridized carbons (Fsp3) is 0.692. The van der Waals surface area contributed by atoms with Crippen molar-refractivity contribution in [2.24, 2.45) is 0 Å². The molecule has 0 unspecified atom stereocenters. The molecule has 1 aromatic heterocycles. The number of furan rings is 1. The van der Waals surface area contributed by atoms with E-state index in [1.165, 1.54) is 25.9 Å². The second-order valence-electron chi connectivity index (χ2n) is 4.57. The number of nitrogens with one attached hydrogen (secondary N) is 1. The molecule has 0 spiro atoms. The van der Waals surface area contributed by atoms with Crippen molar-refractivity contribution in [1.29, 1.82) is 0 Å². The molecule has 0 radical (unpaired) electrons. The van der Waals surface area contributed by atoms with E-state index in [2.05, 4.69) is 10.2 Å². The summed E-state index contributed by atoms with van der Waals surface area (Å²) in [4.78, 5) is 2.47. The van der Waals surface area contributed by atoms with E-state index in [0.29, 0.717) is 6.04 Å². The van der Waals surface area contributed by atoms with Crippen LogP contribution in [-0.4, -0.2) is 44.3 Å². The molecule has 1 fully saturated rings. The summed E-state index contributed by atoms with van der Waals surface area (Å²) in [5.41, 5.74) is 0. The molecule has 2 rings (SSSR count). The number of rotatable bonds is 6. The summed E-state index contributed by atoms with van der Waals surface area (Å²) in [7, 11) is 1.76.